The Labute approximate surface area is 104 Å². The van der Waals surface area contributed by atoms with E-state index in [0.29, 0.717) is 5.56 Å². The number of carbonyl (C=O) groups is 1. The molecule has 3 nitrogen and oxygen atoms in total. The van der Waals surface area contributed by atoms with Crippen molar-refractivity contribution in [2.24, 2.45) is 0 Å². The molecule has 0 N–H and O–H groups in total. The van der Waals surface area contributed by atoms with Crippen molar-refractivity contribution >= 4 is 5.78 Å². The summed E-state index contributed by atoms with van der Waals surface area (Å²) < 4.78 is 18.8. The van der Waals surface area contributed by atoms with E-state index in [0.717, 1.165) is 0 Å². The summed E-state index contributed by atoms with van der Waals surface area (Å²) in [6, 6.07) is 7.96. The lowest BCUT2D eigenvalue weighted by atomic mass is 10.0. The van der Waals surface area contributed by atoms with Gasteiger partial charge in [-0.1, -0.05) is 12.1 Å². The van der Waals surface area contributed by atoms with Crippen LogP contribution in [0.5, 0.6) is 5.75 Å². The van der Waals surface area contributed by atoms with Crippen LogP contribution >= 0.6 is 0 Å². The number of ether oxygens (including phenoxy) is 1. The number of nitrogens with zero attached hydrogens (tertiary/aromatic N) is 1. The molecule has 2 aromatic rings. The molecule has 0 atom stereocenters. The average Bonchev–Trinajstić information content (AvgIpc) is 2.39. The van der Waals surface area contributed by atoms with Gasteiger partial charge in [0, 0.05) is 6.20 Å². The van der Waals surface area contributed by atoms with Crippen LogP contribution in [0, 0.1) is 12.7 Å². The van der Waals surface area contributed by atoms with Crippen LogP contribution in [0.15, 0.2) is 36.5 Å². The van der Waals surface area contributed by atoms with E-state index in [-0.39, 0.29) is 17.0 Å². The number of rotatable bonds is 3. The second-order valence-corrected chi connectivity index (χ2v) is 3.82. The lowest BCUT2D eigenvalue weighted by Crippen LogP contribution is -2.09. The van der Waals surface area contributed by atoms with E-state index in [2.05, 4.69) is 4.98 Å². The van der Waals surface area contributed by atoms with Gasteiger partial charge in [0.25, 0.3) is 0 Å². The highest BCUT2D eigenvalue weighted by molar-refractivity contribution is 6.08. The van der Waals surface area contributed by atoms with E-state index in [1.54, 1.807) is 25.1 Å². The largest absolute Gasteiger partial charge is 0.494 e. The molecular weight excluding hydrogens is 233 g/mol. The van der Waals surface area contributed by atoms with Gasteiger partial charge in [0.1, 0.15) is 5.69 Å². The Bertz CT molecular complexity index is 596. The molecule has 0 bridgehead atoms. The molecule has 18 heavy (non-hydrogen) atoms. The number of pyridine rings is 1. The summed E-state index contributed by atoms with van der Waals surface area (Å²) in [4.78, 5) is 16.2. The molecule has 2 rings (SSSR count). The minimum Gasteiger partial charge on any atom is -0.494 e. The van der Waals surface area contributed by atoms with Gasteiger partial charge in [-0.2, -0.15) is 0 Å². The van der Waals surface area contributed by atoms with Crippen LogP contribution in [0.2, 0.25) is 0 Å². The first kappa shape index (κ1) is 12.2. The molecular formula is C14H12FNO2. The predicted octanol–water partition coefficient (Wildman–Crippen LogP) is 2.77. The Kier molecular flexibility index (Phi) is 3.37. The zero-order valence-corrected chi connectivity index (χ0v) is 10.1. The summed E-state index contributed by atoms with van der Waals surface area (Å²) >= 11 is 0. The van der Waals surface area contributed by atoms with Crippen molar-refractivity contribution in [3.63, 3.8) is 0 Å². The molecule has 0 radical (unpaired) electrons. The number of aromatic nitrogens is 1. The number of hydrogen-bond donors (Lipinski definition) is 0. The molecule has 4 heteroatoms. The van der Waals surface area contributed by atoms with Crippen LogP contribution in [-0.4, -0.2) is 17.9 Å². The lowest BCUT2D eigenvalue weighted by molar-refractivity contribution is 0.102. The van der Waals surface area contributed by atoms with Gasteiger partial charge >= 0.3 is 0 Å². The molecule has 0 aliphatic heterocycles. The van der Waals surface area contributed by atoms with Gasteiger partial charge in [0.05, 0.1) is 12.7 Å². The minimum atomic E-state index is -0.657. The number of hydrogen-bond acceptors (Lipinski definition) is 3. The quantitative estimate of drug-likeness (QED) is 0.780. The molecule has 92 valence electrons. The Balaban J connectivity index is 2.50. The van der Waals surface area contributed by atoms with Crippen molar-refractivity contribution in [1.29, 1.82) is 0 Å². The summed E-state index contributed by atoms with van der Waals surface area (Å²) in [7, 11) is 1.36. The fraction of sp³-hybridized carbons (Fsp3) is 0.143. The maximum Gasteiger partial charge on any atom is 0.214 e. The Morgan fingerprint density at radius 1 is 1.28 bits per heavy atom. The van der Waals surface area contributed by atoms with Crippen LogP contribution < -0.4 is 4.74 Å². The third-order valence-corrected chi connectivity index (χ3v) is 2.65. The molecule has 1 aromatic carbocycles. The molecule has 0 unspecified atom stereocenters. The molecule has 0 saturated heterocycles. The van der Waals surface area contributed by atoms with Crippen molar-refractivity contribution in [2.45, 2.75) is 6.92 Å². The van der Waals surface area contributed by atoms with Crippen LogP contribution in [0.3, 0.4) is 0 Å². The van der Waals surface area contributed by atoms with Crippen molar-refractivity contribution in [2.75, 3.05) is 7.11 Å². The second kappa shape index (κ2) is 4.96. The Morgan fingerprint density at radius 3 is 2.72 bits per heavy atom. The number of ketones is 1. The monoisotopic (exact) mass is 245 g/mol. The van der Waals surface area contributed by atoms with Gasteiger partial charge in [0.2, 0.25) is 5.78 Å². The summed E-state index contributed by atoms with van der Waals surface area (Å²) in [6.07, 6.45) is 1.51. The molecule has 1 aromatic heterocycles. The average molecular weight is 245 g/mol. The molecule has 1 heterocycles. The first-order valence-corrected chi connectivity index (χ1v) is 5.44. The van der Waals surface area contributed by atoms with Gasteiger partial charge in [-0.25, -0.2) is 4.39 Å². The molecule has 0 aliphatic rings. The maximum absolute atomic E-state index is 14.0. The van der Waals surface area contributed by atoms with E-state index >= 15 is 0 Å². The highest BCUT2D eigenvalue weighted by atomic mass is 19.1. The van der Waals surface area contributed by atoms with Crippen LogP contribution in [0.25, 0.3) is 0 Å². The van der Waals surface area contributed by atoms with Crippen molar-refractivity contribution in [1.82, 2.24) is 4.98 Å². The SMILES string of the molecule is COc1cccc(C(=O)c2ncccc2C)c1F. The van der Waals surface area contributed by atoms with Crippen molar-refractivity contribution in [3.05, 3.63) is 59.2 Å². The van der Waals surface area contributed by atoms with Gasteiger partial charge in [-0.3, -0.25) is 9.78 Å². The third kappa shape index (κ3) is 2.09. The van der Waals surface area contributed by atoms with E-state index < -0.39 is 11.6 Å². The van der Waals surface area contributed by atoms with E-state index in [9.17, 15) is 9.18 Å². The van der Waals surface area contributed by atoms with Crippen LogP contribution in [0.1, 0.15) is 21.6 Å². The standard InChI is InChI=1S/C14H12FNO2/c1-9-5-4-8-16-13(9)14(17)10-6-3-7-11(18-2)12(10)15/h3-8H,1-2H3. The van der Waals surface area contributed by atoms with Crippen molar-refractivity contribution < 1.29 is 13.9 Å². The van der Waals surface area contributed by atoms with Gasteiger partial charge in [0.15, 0.2) is 11.6 Å². The Morgan fingerprint density at radius 2 is 2.06 bits per heavy atom. The normalized spacial score (nSPS) is 10.2. The molecule has 0 saturated carbocycles. The molecule has 0 amide bonds. The summed E-state index contributed by atoms with van der Waals surface area (Å²) in [6.45, 7) is 1.76. The topological polar surface area (TPSA) is 39.2 Å². The number of carbonyl (C=O) groups excluding carboxylic acids is 1. The van der Waals surface area contributed by atoms with E-state index in [1.165, 1.54) is 25.4 Å². The third-order valence-electron chi connectivity index (χ3n) is 2.65. The predicted molar refractivity (Wildman–Crippen MR) is 65.4 cm³/mol. The van der Waals surface area contributed by atoms with Gasteiger partial charge < -0.3 is 4.74 Å². The number of halogens is 1. The van der Waals surface area contributed by atoms with Gasteiger partial charge in [-0.15, -0.1) is 0 Å². The Hall–Kier alpha value is -2.23. The zero-order chi connectivity index (χ0) is 13.1. The maximum atomic E-state index is 14.0. The zero-order valence-electron chi connectivity index (χ0n) is 10.1. The number of aryl methyl sites for hydroxylation is 1. The van der Waals surface area contributed by atoms with Crippen LogP contribution in [0.4, 0.5) is 4.39 Å². The fourth-order valence-electron chi connectivity index (χ4n) is 1.69. The summed E-state index contributed by atoms with van der Waals surface area (Å²) in [5, 5.41) is 0. The first-order chi connectivity index (χ1) is 8.65. The first-order valence-electron chi connectivity index (χ1n) is 5.44. The molecule has 0 aliphatic carbocycles. The smallest absolute Gasteiger partial charge is 0.214 e. The summed E-state index contributed by atoms with van der Waals surface area (Å²) in [5.74, 6) is -1.05. The second-order valence-electron chi connectivity index (χ2n) is 3.82. The highest BCUT2D eigenvalue weighted by Gasteiger charge is 2.19. The summed E-state index contributed by atoms with van der Waals surface area (Å²) in [5.41, 5.74) is 0.936. The highest BCUT2D eigenvalue weighted by Crippen LogP contribution is 2.22. The number of benzene rings is 1. The van der Waals surface area contributed by atoms with E-state index in [1.807, 2.05) is 0 Å². The molecule has 0 spiro atoms. The van der Waals surface area contributed by atoms with E-state index in [4.69, 9.17) is 4.74 Å². The lowest BCUT2D eigenvalue weighted by Gasteiger charge is -2.07. The fourth-order valence-corrected chi connectivity index (χ4v) is 1.69. The number of methoxy groups -OCH3 is 1. The molecule has 0 fully saturated rings. The van der Waals surface area contributed by atoms with Gasteiger partial charge in [-0.05, 0) is 30.7 Å². The van der Waals surface area contributed by atoms with Crippen LogP contribution in [-0.2, 0) is 0 Å². The van der Waals surface area contributed by atoms with Crippen molar-refractivity contribution in [3.8, 4) is 5.75 Å². The minimum absolute atomic E-state index is 0.0313.